The Bertz CT molecular complexity index is 404. The SMILES string of the molecule is CC(C)(C)OC=O.CN1CCC(n2cc(O)cn2)CC1. The number of piperidine rings is 1. The van der Waals surface area contributed by atoms with Crippen molar-refractivity contribution in [3.05, 3.63) is 12.4 Å². The van der Waals surface area contributed by atoms with E-state index in [0.29, 0.717) is 12.5 Å². The molecular weight excluding hydrogens is 258 g/mol. The number of hydrogen-bond donors (Lipinski definition) is 1. The molecule has 1 N–H and O–H groups in total. The summed E-state index contributed by atoms with van der Waals surface area (Å²) in [5.41, 5.74) is -0.318. The van der Waals surface area contributed by atoms with Crippen LogP contribution in [0.4, 0.5) is 0 Å². The first kappa shape index (κ1) is 16.5. The minimum Gasteiger partial charge on any atom is -0.505 e. The van der Waals surface area contributed by atoms with Crippen LogP contribution in [0.2, 0.25) is 0 Å². The molecule has 1 saturated heterocycles. The Morgan fingerprint density at radius 3 is 2.35 bits per heavy atom. The Balaban J connectivity index is 0.000000246. The molecule has 0 amide bonds. The Labute approximate surface area is 120 Å². The van der Waals surface area contributed by atoms with Crippen molar-refractivity contribution in [1.82, 2.24) is 14.7 Å². The van der Waals surface area contributed by atoms with Gasteiger partial charge in [0.05, 0.1) is 18.4 Å². The maximum Gasteiger partial charge on any atom is 0.293 e. The van der Waals surface area contributed by atoms with E-state index in [0.717, 1.165) is 25.9 Å². The predicted molar refractivity (Wildman–Crippen MR) is 76.6 cm³/mol. The summed E-state index contributed by atoms with van der Waals surface area (Å²) in [6.07, 6.45) is 5.45. The third-order valence-electron chi connectivity index (χ3n) is 3.05. The van der Waals surface area contributed by atoms with Crippen LogP contribution in [0.15, 0.2) is 12.4 Å². The van der Waals surface area contributed by atoms with Gasteiger partial charge in [0.15, 0.2) is 5.75 Å². The molecule has 0 spiro atoms. The van der Waals surface area contributed by atoms with Gasteiger partial charge in [-0.25, -0.2) is 0 Å². The quantitative estimate of drug-likeness (QED) is 0.838. The normalized spacial score (nSPS) is 17.2. The molecule has 2 heterocycles. The predicted octanol–water partition coefficient (Wildman–Crippen LogP) is 1.81. The molecule has 0 unspecified atom stereocenters. The van der Waals surface area contributed by atoms with Crippen LogP contribution >= 0.6 is 0 Å². The van der Waals surface area contributed by atoms with E-state index in [1.807, 2.05) is 25.5 Å². The van der Waals surface area contributed by atoms with Crippen LogP contribution in [0.5, 0.6) is 5.75 Å². The fourth-order valence-corrected chi connectivity index (χ4v) is 1.93. The van der Waals surface area contributed by atoms with Crippen molar-refractivity contribution in [1.29, 1.82) is 0 Å². The smallest absolute Gasteiger partial charge is 0.293 e. The summed E-state index contributed by atoms with van der Waals surface area (Å²) in [5, 5.41) is 13.3. The zero-order valence-electron chi connectivity index (χ0n) is 12.7. The van der Waals surface area contributed by atoms with Gasteiger partial charge in [0.1, 0.15) is 5.60 Å². The second-order valence-corrected chi connectivity index (χ2v) is 6.04. The Morgan fingerprint density at radius 1 is 1.40 bits per heavy atom. The molecule has 0 atom stereocenters. The van der Waals surface area contributed by atoms with E-state index in [1.165, 1.54) is 6.20 Å². The van der Waals surface area contributed by atoms with Gasteiger partial charge >= 0.3 is 0 Å². The molecule has 1 aliphatic rings. The zero-order chi connectivity index (χ0) is 15.2. The first-order valence-corrected chi connectivity index (χ1v) is 6.85. The summed E-state index contributed by atoms with van der Waals surface area (Å²) < 4.78 is 6.43. The number of ether oxygens (including phenoxy) is 1. The van der Waals surface area contributed by atoms with Gasteiger partial charge < -0.3 is 14.7 Å². The summed E-state index contributed by atoms with van der Waals surface area (Å²) in [5.74, 6) is 0.263. The number of likely N-dealkylation sites (tertiary alicyclic amines) is 1. The molecule has 6 heteroatoms. The van der Waals surface area contributed by atoms with Crippen molar-refractivity contribution in [2.45, 2.75) is 45.3 Å². The van der Waals surface area contributed by atoms with Crippen molar-refractivity contribution in [3.63, 3.8) is 0 Å². The van der Waals surface area contributed by atoms with E-state index in [1.54, 1.807) is 6.20 Å². The van der Waals surface area contributed by atoms with Gasteiger partial charge in [-0.3, -0.25) is 9.48 Å². The average Bonchev–Trinajstić information content (AvgIpc) is 2.76. The lowest BCUT2D eigenvalue weighted by atomic mass is 10.1. The van der Waals surface area contributed by atoms with Gasteiger partial charge in [-0.15, -0.1) is 0 Å². The van der Waals surface area contributed by atoms with E-state index >= 15 is 0 Å². The van der Waals surface area contributed by atoms with Gasteiger partial charge in [0, 0.05) is 0 Å². The summed E-state index contributed by atoms with van der Waals surface area (Å²) in [4.78, 5) is 11.9. The molecular formula is C14H25N3O3. The molecule has 0 aliphatic carbocycles. The minimum absolute atomic E-state index is 0.263. The number of aromatic hydroxyl groups is 1. The average molecular weight is 283 g/mol. The van der Waals surface area contributed by atoms with Crippen molar-refractivity contribution in [2.24, 2.45) is 0 Å². The van der Waals surface area contributed by atoms with Crippen molar-refractivity contribution in [2.75, 3.05) is 20.1 Å². The number of carbonyl (C=O) groups is 1. The molecule has 0 aromatic carbocycles. The number of hydrogen-bond acceptors (Lipinski definition) is 5. The standard InChI is InChI=1S/C9H15N3O.C5H10O2/c1-11-4-2-8(3-5-11)12-7-9(13)6-10-12;1-5(2,3)7-4-6/h6-8,13H,2-5H2,1H3;4H,1-3H3. The van der Waals surface area contributed by atoms with Crippen LogP contribution in [0.3, 0.4) is 0 Å². The third kappa shape index (κ3) is 6.06. The number of aromatic nitrogens is 2. The minimum atomic E-state index is -0.318. The van der Waals surface area contributed by atoms with Gasteiger partial charge in [0.25, 0.3) is 6.47 Å². The highest BCUT2D eigenvalue weighted by Gasteiger charge is 2.18. The maximum absolute atomic E-state index is 9.60. The van der Waals surface area contributed by atoms with Crippen molar-refractivity contribution < 1.29 is 14.6 Å². The van der Waals surface area contributed by atoms with E-state index in [9.17, 15) is 4.79 Å². The topological polar surface area (TPSA) is 67.6 Å². The van der Waals surface area contributed by atoms with Crippen LogP contribution in [-0.2, 0) is 9.53 Å². The lowest BCUT2D eigenvalue weighted by molar-refractivity contribution is -0.138. The number of rotatable bonds is 2. The first-order valence-electron chi connectivity index (χ1n) is 6.85. The summed E-state index contributed by atoms with van der Waals surface area (Å²) in [6.45, 7) is 8.15. The highest BCUT2D eigenvalue weighted by atomic mass is 16.5. The Hall–Kier alpha value is -1.56. The van der Waals surface area contributed by atoms with E-state index < -0.39 is 0 Å². The van der Waals surface area contributed by atoms with E-state index in [-0.39, 0.29) is 11.4 Å². The van der Waals surface area contributed by atoms with Crippen LogP contribution in [-0.4, -0.2) is 52.0 Å². The molecule has 0 bridgehead atoms. The number of carbonyl (C=O) groups excluding carboxylic acids is 1. The highest BCUT2D eigenvalue weighted by molar-refractivity contribution is 5.37. The van der Waals surface area contributed by atoms with Crippen molar-refractivity contribution in [3.8, 4) is 5.75 Å². The molecule has 1 aliphatic heterocycles. The highest BCUT2D eigenvalue weighted by Crippen LogP contribution is 2.22. The first-order chi connectivity index (χ1) is 9.31. The summed E-state index contributed by atoms with van der Waals surface area (Å²) in [6, 6.07) is 0.470. The summed E-state index contributed by atoms with van der Waals surface area (Å²) >= 11 is 0. The summed E-state index contributed by atoms with van der Waals surface area (Å²) in [7, 11) is 2.14. The molecule has 1 aromatic rings. The van der Waals surface area contributed by atoms with Gasteiger partial charge in [-0.1, -0.05) is 0 Å². The Kier molecular flexibility index (Phi) is 6.01. The van der Waals surface area contributed by atoms with Crippen molar-refractivity contribution >= 4 is 6.47 Å². The van der Waals surface area contributed by atoms with E-state index in [4.69, 9.17) is 5.11 Å². The molecule has 20 heavy (non-hydrogen) atoms. The van der Waals surface area contributed by atoms with Crippen LogP contribution in [0, 0.1) is 0 Å². The third-order valence-corrected chi connectivity index (χ3v) is 3.05. The molecule has 1 fully saturated rings. The number of nitrogens with zero attached hydrogens (tertiary/aromatic N) is 3. The Morgan fingerprint density at radius 2 is 2.00 bits per heavy atom. The zero-order valence-corrected chi connectivity index (χ0v) is 12.7. The molecule has 1 aromatic heterocycles. The molecule has 114 valence electrons. The second-order valence-electron chi connectivity index (χ2n) is 6.04. The monoisotopic (exact) mass is 283 g/mol. The lowest BCUT2D eigenvalue weighted by Crippen LogP contribution is -2.31. The lowest BCUT2D eigenvalue weighted by Gasteiger charge is -2.28. The molecule has 2 rings (SSSR count). The molecule has 6 nitrogen and oxygen atoms in total. The van der Waals surface area contributed by atoms with Crippen LogP contribution < -0.4 is 0 Å². The van der Waals surface area contributed by atoms with E-state index in [2.05, 4.69) is 21.8 Å². The van der Waals surface area contributed by atoms with Crippen LogP contribution in [0.1, 0.15) is 39.7 Å². The largest absolute Gasteiger partial charge is 0.505 e. The van der Waals surface area contributed by atoms with Gasteiger partial charge in [-0.05, 0) is 53.8 Å². The molecule has 0 saturated carbocycles. The van der Waals surface area contributed by atoms with Gasteiger partial charge in [0.2, 0.25) is 0 Å². The maximum atomic E-state index is 9.60. The van der Waals surface area contributed by atoms with Crippen LogP contribution in [0.25, 0.3) is 0 Å². The van der Waals surface area contributed by atoms with Gasteiger partial charge in [-0.2, -0.15) is 5.10 Å². The fourth-order valence-electron chi connectivity index (χ4n) is 1.93. The molecule has 0 radical (unpaired) electrons. The second kappa shape index (κ2) is 7.28. The fraction of sp³-hybridized carbons (Fsp3) is 0.714.